The zero-order chi connectivity index (χ0) is 24.9. The highest BCUT2D eigenvalue weighted by Gasteiger charge is 2.35. The van der Waals surface area contributed by atoms with Crippen LogP contribution in [0, 0.1) is 48.5 Å². The highest BCUT2D eigenvalue weighted by molar-refractivity contribution is 7.80. The van der Waals surface area contributed by atoms with E-state index in [2.05, 4.69) is 42.8 Å². The fraction of sp³-hybridized carbons (Fsp3) is 0.250. The SMILES string of the molecule is Cc1ccc(N2C(=O)/C(=C/c3cc(C)n(-c4c(C)cc(C)cc4C)c3C)C(=O)NC2=S)c(C)c1. The highest BCUT2D eigenvalue weighted by Crippen LogP contribution is 2.30. The van der Waals surface area contributed by atoms with Gasteiger partial charge in [0.05, 0.1) is 11.4 Å². The minimum Gasteiger partial charge on any atom is -0.317 e. The molecule has 0 unspecified atom stereocenters. The van der Waals surface area contributed by atoms with Gasteiger partial charge in [0, 0.05) is 11.4 Å². The van der Waals surface area contributed by atoms with Crippen LogP contribution in [0.5, 0.6) is 0 Å². The first kappa shape index (κ1) is 23.6. The van der Waals surface area contributed by atoms with Crippen LogP contribution < -0.4 is 10.2 Å². The van der Waals surface area contributed by atoms with Gasteiger partial charge in [-0.3, -0.25) is 19.8 Å². The van der Waals surface area contributed by atoms with Crippen molar-refractivity contribution in [1.82, 2.24) is 9.88 Å². The van der Waals surface area contributed by atoms with Gasteiger partial charge in [0.15, 0.2) is 5.11 Å². The maximum absolute atomic E-state index is 13.5. The smallest absolute Gasteiger partial charge is 0.270 e. The third-order valence-electron chi connectivity index (χ3n) is 6.32. The molecule has 1 saturated heterocycles. The van der Waals surface area contributed by atoms with E-state index in [0.29, 0.717) is 5.69 Å². The summed E-state index contributed by atoms with van der Waals surface area (Å²) in [6, 6.07) is 12.1. The molecular formula is C28H29N3O2S. The first-order valence-corrected chi connectivity index (χ1v) is 11.7. The van der Waals surface area contributed by atoms with Gasteiger partial charge in [-0.25, -0.2) is 0 Å². The van der Waals surface area contributed by atoms with Gasteiger partial charge in [-0.05, 0) is 101 Å². The van der Waals surface area contributed by atoms with Gasteiger partial charge in [0.2, 0.25) is 0 Å². The summed E-state index contributed by atoms with van der Waals surface area (Å²) in [4.78, 5) is 27.7. The van der Waals surface area contributed by atoms with Crippen LogP contribution in [0.25, 0.3) is 11.8 Å². The molecule has 1 aromatic heterocycles. The molecule has 174 valence electrons. The number of nitrogens with zero attached hydrogens (tertiary/aromatic N) is 2. The third-order valence-corrected chi connectivity index (χ3v) is 6.61. The van der Waals surface area contributed by atoms with Crippen molar-refractivity contribution >= 4 is 40.9 Å². The maximum atomic E-state index is 13.5. The molecule has 2 amide bonds. The molecule has 34 heavy (non-hydrogen) atoms. The first-order valence-electron chi connectivity index (χ1n) is 11.3. The Kier molecular flexibility index (Phi) is 6.04. The Morgan fingerprint density at radius 1 is 0.824 bits per heavy atom. The fourth-order valence-corrected chi connectivity index (χ4v) is 5.16. The number of rotatable bonds is 3. The van der Waals surface area contributed by atoms with E-state index < -0.39 is 11.8 Å². The van der Waals surface area contributed by atoms with Gasteiger partial charge < -0.3 is 4.57 Å². The number of nitrogens with one attached hydrogen (secondary N) is 1. The lowest BCUT2D eigenvalue weighted by atomic mass is 10.0. The number of carbonyl (C=O) groups excluding carboxylic acids is 2. The van der Waals surface area contributed by atoms with Crippen molar-refractivity contribution in [1.29, 1.82) is 0 Å². The quantitative estimate of drug-likeness (QED) is 0.313. The molecule has 5 nitrogen and oxygen atoms in total. The van der Waals surface area contributed by atoms with E-state index >= 15 is 0 Å². The van der Waals surface area contributed by atoms with E-state index in [0.717, 1.165) is 33.8 Å². The van der Waals surface area contributed by atoms with Gasteiger partial charge in [-0.2, -0.15) is 0 Å². The topological polar surface area (TPSA) is 54.3 Å². The van der Waals surface area contributed by atoms with Crippen LogP contribution in [-0.4, -0.2) is 21.5 Å². The zero-order valence-corrected chi connectivity index (χ0v) is 21.5. The Bertz CT molecular complexity index is 1390. The molecule has 2 aromatic carbocycles. The fourth-order valence-electron chi connectivity index (χ4n) is 4.89. The van der Waals surface area contributed by atoms with Crippen LogP contribution in [0.2, 0.25) is 0 Å². The molecule has 0 spiro atoms. The molecule has 1 fully saturated rings. The molecule has 1 N–H and O–H groups in total. The molecule has 0 atom stereocenters. The predicted octanol–water partition coefficient (Wildman–Crippen LogP) is 5.47. The lowest BCUT2D eigenvalue weighted by Gasteiger charge is -2.30. The van der Waals surface area contributed by atoms with Crippen molar-refractivity contribution in [2.45, 2.75) is 48.5 Å². The van der Waals surface area contributed by atoms with Gasteiger partial charge in [-0.1, -0.05) is 35.4 Å². The van der Waals surface area contributed by atoms with Crippen LogP contribution in [-0.2, 0) is 9.59 Å². The normalized spacial score (nSPS) is 15.3. The molecule has 1 aliphatic heterocycles. The average molecular weight is 472 g/mol. The summed E-state index contributed by atoms with van der Waals surface area (Å²) < 4.78 is 2.19. The summed E-state index contributed by atoms with van der Waals surface area (Å²) in [6.07, 6.45) is 1.67. The average Bonchev–Trinajstić information content (AvgIpc) is 2.99. The van der Waals surface area contributed by atoms with E-state index in [1.165, 1.54) is 21.6 Å². The molecule has 6 heteroatoms. The lowest BCUT2D eigenvalue weighted by molar-refractivity contribution is -0.122. The van der Waals surface area contributed by atoms with Gasteiger partial charge in [0.1, 0.15) is 5.57 Å². The minimum absolute atomic E-state index is 0.0613. The van der Waals surface area contributed by atoms with E-state index in [1.54, 1.807) is 6.08 Å². The van der Waals surface area contributed by atoms with Crippen molar-refractivity contribution in [3.63, 3.8) is 0 Å². The third kappa shape index (κ3) is 3.99. The summed E-state index contributed by atoms with van der Waals surface area (Å²) in [5, 5.41) is 2.78. The number of hydrogen-bond acceptors (Lipinski definition) is 3. The summed E-state index contributed by atoms with van der Waals surface area (Å²) in [7, 11) is 0. The van der Waals surface area contributed by atoms with Crippen LogP contribution in [0.4, 0.5) is 5.69 Å². The Labute approximate surface area is 206 Å². The number of carbonyl (C=O) groups is 2. The Morgan fingerprint density at radius 2 is 1.44 bits per heavy atom. The number of aryl methyl sites for hydroxylation is 6. The second-order valence-electron chi connectivity index (χ2n) is 9.16. The van der Waals surface area contributed by atoms with Crippen LogP contribution in [0.1, 0.15) is 44.8 Å². The van der Waals surface area contributed by atoms with E-state index in [9.17, 15) is 9.59 Å². The lowest BCUT2D eigenvalue weighted by Crippen LogP contribution is -2.54. The largest absolute Gasteiger partial charge is 0.317 e. The van der Waals surface area contributed by atoms with Crippen LogP contribution in [0.15, 0.2) is 42.0 Å². The molecule has 0 bridgehead atoms. The number of benzene rings is 2. The maximum Gasteiger partial charge on any atom is 0.270 e. The summed E-state index contributed by atoms with van der Waals surface area (Å²) in [6.45, 7) is 14.3. The monoisotopic (exact) mass is 471 g/mol. The summed E-state index contributed by atoms with van der Waals surface area (Å²) in [5.74, 6) is -0.906. The standard InChI is InChI=1S/C28H29N3O2S/c1-15-8-9-24(17(3)10-15)31-27(33)23(26(32)29-28(31)34)14-22-13-20(6)30(21(22)7)25-18(4)11-16(2)12-19(25)5/h8-14H,1-7H3,(H,29,32,34)/b23-14+. The van der Waals surface area contributed by atoms with E-state index in [1.807, 2.05) is 52.0 Å². The van der Waals surface area contributed by atoms with Crippen molar-refractivity contribution in [3.05, 3.63) is 86.7 Å². The zero-order valence-electron chi connectivity index (χ0n) is 20.7. The molecule has 0 radical (unpaired) electrons. The molecule has 3 aromatic rings. The summed E-state index contributed by atoms with van der Waals surface area (Å²) in [5.41, 5.74) is 10.3. The Balaban J connectivity index is 1.81. The first-order chi connectivity index (χ1) is 16.0. The Morgan fingerprint density at radius 3 is 2.06 bits per heavy atom. The molecule has 4 rings (SSSR count). The highest BCUT2D eigenvalue weighted by atomic mass is 32.1. The van der Waals surface area contributed by atoms with Gasteiger partial charge >= 0.3 is 0 Å². The molecular weight excluding hydrogens is 442 g/mol. The van der Waals surface area contributed by atoms with Crippen LogP contribution >= 0.6 is 12.2 Å². The van der Waals surface area contributed by atoms with Crippen molar-refractivity contribution in [2.24, 2.45) is 0 Å². The van der Waals surface area contributed by atoms with Crippen LogP contribution in [0.3, 0.4) is 0 Å². The summed E-state index contributed by atoms with van der Waals surface area (Å²) >= 11 is 5.37. The van der Waals surface area contributed by atoms with E-state index in [4.69, 9.17) is 12.2 Å². The van der Waals surface area contributed by atoms with E-state index in [-0.39, 0.29) is 10.7 Å². The second-order valence-corrected chi connectivity index (χ2v) is 9.54. The van der Waals surface area contributed by atoms with Gasteiger partial charge in [0.25, 0.3) is 11.8 Å². The number of anilines is 1. The number of hydrogen-bond donors (Lipinski definition) is 1. The minimum atomic E-state index is -0.483. The van der Waals surface area contributed by atoms with Gasteiger partial charge in [-0.15, -0.1) is 0 Å². The Hall–Kier alpha value is -3.51. The second kappa shape index (κ2) is 8.69. The van der Waals surface area contributed by atoms with Crippen molar-refractivity contribution in [3.8, 4) is 5.69 Å². The van der Waals surface area contributed by atoms with Crippen molar-refractivity contribution in [2.75, 3.05) is 4.90 Å². The predicted molar refractivity (Wildman–Crippen MR) is 142 cm³/mol. The van der Waals surface area contributed by atoms with Crippen molar-refractivity contribution < 1.29 is 9.59 Å². The molecule has 2 heterocycles. The number of thiocarbonyl (C=S) groups is 1. The number of aromatic nitrogens is 1. The molecule has 0 aliphatic carbocycles. The number of amides is 2. The molecule has 0 saturated carbocycles. The molecule has 1 aliphatic rings.